The molecule has 0 bridgehead atoms. The van der Waals surface area contributed by atoms with Crippen molar-refractivity contribution in [1.29, 1.82) is 0 Å². The Hall–Kier alpha value is -1.66. The standard InChI is InChI=1S/C15H17BrN2O3/c1-10(2)18(9-15(19)20)8-14-17-7-13(21-14)11-3-5-12(16)6-4-11/h3-7,10H,8-9H2,1-2H3,(H,19,20). The smallest absolute Gasteiger partial charge is 0.317 e. The van der Waals surface area contributed by atoms with E-state index in [4.69, 9.17) is 9.52 Å². The third-order valence-electron chi connectivity index (χ3n) is 3.09. The summed E-state index contributed by atoms with van der Waals surface area (Å²) in [7, 11) is 0. The maximum atomic E-state index is 10.9. The molecule has 1 heterocycles. The van der Waals surface area contributed by atoms with Gasteiger partial charge in [0.25, 0.3) is 0 Å². The summed E-state index contributed by atoms with van der Waals surface area (Å²) in [5.41, 5.74) is 0.936. The number of rotatable bonds is 6. The van der Waals surface area contributed by atoms with E-state index in [2.05, 4.69) is 20.9 Å². The normalized spacial score (nSPS) is 11.3. The lowest BCUT2D eigenvalue weighted by Gasteiger charge is -2.22. The highest BCUT2D eigenvalue weighted by atomic mass is 79.9. The predicted molar refractivity (Wildman–Crippen MR) is 82.8 cm³/mol. The average molecular weight is 353 g/mol. The largest absolute Gasteiger partial charge is 0.480 e. The number of hydrogen-bond acceptors (Lipinski definition) is 4. The molecule has 0 atom stereocenters. The zero-order valence-electron chi connectivity index (χ0n) is 11.9. The Bertz CT molecular complexity index is 608. The fraction of sp³-hybridized carbons (Fsp3) is 0.333. The molecule has 5 nitrogen and oxygen atoms in total. The van der Waals surface area contributed by atoms with Gasteiger partial charge in [-0.25, -0.2) is 4.98 Å². The lowest BCUT2D eigenvalue weighted by Crippen LogP contribution is -2.35. The van der Waals surface area contributed by atoms with Crippen LogP contribution in [-0.2, 0) is 11.3 Å². The number of oxazole rings is 1. The van der Waals surface area contributed by atoms with Crippen molar-refractivity contribution in [3.63, 3.8) is 0 Å². The average Bonchev–Trinajstić information content (AvgIpc) is 2.87. The van der Waals surface area contributed by atoms with Gasteiger partial charge in [-0.3, -0.25) is 9.69 Å². The molecule has 1 aromatic carbocycles. The predicted octanol–water partition coefficient (Wildman–Crippen LogP) is 3.40. The minimum Gasteiger partial charge on any atom is -0.480 e. The van der Waals surface area contributed by atoms with Gasteiger partial charge in [0, 0.05) is 16.1 Å². The fourth-order valence-electron chi connectivity index (χ4n) is 1.90. The Labute approximate surface area is 131 Å². The van der Waals surface area contributed by atoms with Crippen molar-refractivity contribution in [3.8, 4) is 11.3 Å². The highest BCUT2D eigenvalue weighted by molar-refractivity contribution is 9.10. The van der Waals surface area contributed by atoms with Crippen molar-refractivity contribution < 1.29 is 14.3 Å². The second-order valence-electron chi connectivity index (χ2n) is 5.02. The van der Waals surface area contributed by atoms with Gasteiger partial charge in [0.1, 0.15) is 0 Å². The van der Waals surface area contributed by atoms with Gasteiger partial charge in [-0.2, -0.15) is 0 Å². The van der Waals surface area contributed by atoms with Crippen LogP contribution >= 0.6 is 15.9 Å². The van der Waals surface area contributed by atoms with Crippen LogP contribution in [0.2, 0.25) is 0 Å². The molecule has 0 aliphatic heterocycles. The van der Waals surface area contributed by atoms with E-state index in [0.717, 1.165) is 10.0 Å². The van der Waals surface area contributed by atoms with Gasteiger partial charge in [0.2, 0.25) is 5.89 Å². The number of carboxylic acids is 1. The first-order chi connectivity index (χ1) is 9.95. The Morgan fingerprint density at radius 3 is 2.62 bits per heavy atom. The van der Waals surface area contributed by atoms with E-state index >= 15 is 0 Å². The number of carboxylic acid groups (broad SMARTS) is 1. The van der Waals surface area contributed by atoms with E-state index in [1.165, 1.54) is 0 Å². The highest BCUT2D eigenvalue weighted by Crippen LogP contribution is 2.23. The molecular weight excluding hydrogens is 336 g/mol. The van der Waals surface area contributed by atoms with Gasteiger partial charge in [-0.15, -0.1) is 0 Å². The van der Waals surface area contributed by atoms with Crippen molar-refractivity contribution in [2.75, 3.05) is 6.54 Å². The van der Waals surface area contributed by atoms with Crippen molar-refractivity contribution in [3.05, 3.63) is 40.8 Å². The molecule has 0 aliphatic carbocycles. The fourth-order valence-corrected chi connectivity index (χ4v) is 2.16. The quantitative estimate of drug-likeness (QED) is 0.862. The monoisotopic (exact) mass is 352 g/mol. The van der Waals surface area contributed by atoms with Crippen LogP contribution in [0.15, 0.2) is 39.4 Å². The summed E-state index contributed by atoms with van der Waals surface area (Å²) in [5.74, 6) is 0.336. The molecule has 2 rings (SSSR count). The molecular formula is C15H17BrN2O3. The van der Waals surface area contributed by atoms with Crippen LogP contribution in [0.5, 0.6) is 0 Å². The first-order valence-electron chi connectivity index (χ1n) is 6.62. The number of benzene rings is 1. The number of halogens is 1. The SMILES string of the molecule is CC(C)N(CC(=O)O)Cc1ncc(-c2ccc(Br)cc2)o1. The molecule has 0 spiro atoms. The topological polar surface area (TPSA) is 66.6 Å². The Kier molecular flexibility index (Phi) is 5.14. The van der Waals surface area contributed by atoms with Gasteiger partial charge in [0.15, 0.2) is 5.76 Å². The van der Waals surface area contributed by atoms with Crippen LogP contribution in [0.3, 0.4) is 0 Å². The molecule has 0 unspecified atom stereocenters. The molecule has 21 heavy (non-hydrogen) atoms. The first-order valence-corrected chi connectivity index (χ1v) is 7.41. The summed E-state index contributed by atoms with van der Waals surface area (Å²) < 4.78 is 6.71. The van der Waals surface area contributed by atoms with E-state index in [0.29, 0.717) is 18.2 Å². The van der Waals surface area contributed by atoms with Crippen molar-refractivity contribution >= 4 is 21.9 Å². The van der Waals surface area contributed by atoms with Gasteiger partial charge < -0.3 is 9.52 Å². The van der Waals surface area contributed by atoms with Gasteiger partial charge in [-0.1, -0.05) is 28.1 Å². The van der Waals surface area contributed by atoms with E-state index < -0.39 is 5.97 Å². The van der Waals surface area contributed by atoms with Gasteiger partial charge >= 0.3 is 5.97 Å². The van der Waals surface area contributed by atoms with E-state index in [1.54, 1.807) is 11.1 Å². The molecule has 6 heteroatoms. The summed E-state index contributed by atoms with van der Waals surface area (Å²) in [6.07, 6.45) is 1.66. The second-order valence-corrected chi connectivity index (χ2v) is 5.93. The van der Waals surface area contributed by atoms with Crippen LogP contribution < -0.4 is 0 Å². The summed E-state index contributed by atoms with van der Waals surface area (Å²) >= 11 is 3.39. The zero-order chi connectivity index (χ0) is 15.4. The highest BCUT2D eigenvalue weighted by Gasteiger charge is 2.17. The summed E-state index contributed by atoms with van der Waals surface area (Å²) in [4.78, 5) is 16.9. The molecule has 2 aromatic rings. The van der Waals surface area contributed by atoms with Gasteiger partial charge in [-0.05, 0) is 26.0 Å². The third-order valence-corrected chi connectivity index (χ3v) is 3.62. The van der Waals surface area contributed by atoms with Crippen LogP contribution in [0, 0.1) is 0 Å². The first kappa shape index (κ1) is 15.7. The molecule has 0 saturated heterocycles. The maximum absolute atomic E-state index is 10.9. The Balaban J connectivity index is 2.11. The van der Waals surface area contributed by atoms with E-state index in [1.807, 2.05) is 38.1 Å². The number of aliphatic carboxylic acids is 1. The Morgan fingerprint density at radius 1 is 1.38 bits per heavy atom. The third kappa shape index (κ3) is 4.41. The van der Waals surface area contributed by atoms with E-state index in [9.17, 15) is 4.79 Å². The number of hydrogen-bond donors (Lipinski definition) is 1. The molecule has 0 fully saturated rings. The van der Waals surface area contributed by atoms with Crippen molar-refractivity contribution in [1.82, 2.24) is 9.88 Å². The lowest BCUT2D eigenvalue weighted by molar-refractivity contribution is -0.139. The summed E-state index contributed by atoms with van der Waals surface area (Å²) in [6.45, 7) is 4.23. The van der Waals surface area contributed by atoms with Crippen LogP contribution in [0.4, 0.5) is 0 Å². The number of nitrogens with zero attached hydrogens (tertiary/aromatic N) is 2. The lowest BCUT2D eigenvalue weighted by atomic mass is 10.2. The molecule has 0 aliphatic rings. The van der Waals surface area contributed by atoms with E-state index in [-0.39, 0.29) is 12.6 Å². The Morgan fingerprint density at radius 2 is 2.05 bits per heavy atom. The molecule has 1 aromatic heterocycles. The summed E-state index contributed by atoms with van der Waals surface area (Å²) in [5, 5.41) is 8.92. The number of carbonyl (C=O) groups is 1. The second kappa shape index (κ2) is 6.87. The van der Waals surface area contributed by atoms with Crippen molar-refractivity contribution in [2.45, 2.75) is 26.4 Å². The zero-order valence-corrected chi connectivity index (χ0v) is 13.5. The molecule has 0 amide bonds. The molecule has 0 saturated carbocycles. The summed E-state index contributed by atoms with van der Waals surface area (Å²) in [6, 6.07) is 7.84. The molecule has 112 valence electrons. The molecule has 0 radical (unpaired) electrons. The van der Waals surface area contributed by atoms with Crippen LogP contribution in [0.1, 0.15) is 19.7 Å². The maximum Gasteiger partial charge on any atom is 0.317 e. The van der Waals surface area contributed by atoms with Crippen LogP contribution in [0.25, 0.3) is 11.3 Å². The van der Waals surface area contributed by atoms with Crippen molar-refractivity contribution in [2.24, 2.45) is 0 Å². The van der Waals surface area contributed by atoms with Crippen LogP contribution in [-0.4, -0.2) is 33.5 Å². The number of aromatic nitrogens is 1. The molecule has 1 N–H and O–H groups in total. The van der Waals surface area contributed by atoms with Gasteiger partial charge in [0.05, 0.1) is 19.3 Å². The minimum absolute atomic E-state index is 0.0341. The minimum atomic E-state index is -0.858.